The van der Waals surface area contributed by atoms with Crippen molar-refractivity contribution < 1.29 is 9.59 Å². The quantitative estimate of drug-likeness (QED) is 0.754. The molecule has 0 aromatic heterocycles. The summed E-state index contributed by atoms with van der Waals surface area (Å²) >= 11 is 1.42. The van der Waals surface area contributed by atoms with Gasteiger partial charge in [-0.15, -0.1) is 11.8 Å². The Bertz CT molecular complexity index is 326. The number of piperidine rings is 1. The summed E-state index contributed by atoms with van der Waals surface area (Å²) in [6.07, 6.45) is 5.80. The topological polar surface area (TPSA) is 61.4 Å². The number of hydrogen-bond acceptors (Lipinski definition) is 4. The minimum Gasteiger partial charge on any atom is -0.354 e. The Labute approximate surface area is 125 Å². The SMILES string of the molecule is O=C(CSCC(=O)N1CCCCC1)NCC1CCCN1. The summed E-state index contributed by atoms with van der Waals surface area (Å²) in [4.78, 5) is 25.5. The first-order valence-corrected chi connectivity index (χ1v) is 8.77. The largest absolute Gasteiger partial charge is 0.354 e. The molecule has 5 nitrogen and oxygen atoms in total. The maximum atomic E-state index is 11.9. The molecule has 2 aliphatic heterocycles. The Hall–Kier alpha value is -0.750. The molecule has 2 N–H and O–H groups in total. The van der Waals surface area contributed by atoms with Crippen LogP contribution in [-0.4, -0.2) is 60.4 Å². The van der Waals surface area contributed by atoms with Gasteiger partial charge in [-0.25, -0.2) is 0 Å². The Morgan fingerprint density at radius 2 is 1.95 bits per heavy atom. The number of nitrogens with one attached hydrogen (secondary N) is 2. The third-order valence-electron chi connectivity index (χ3n) is 3.88. The second-order valence-electron chi connectivity index (χ2n) is 5.53. The summed E-state index contributed by atoms with van der Waals surface area (Å²) in [7, 11) is 0. The van der Waals surface area contributed by atoms with Crippen LogP contribution in [0.25, 0.3) is 0 Å². The molecule has 2 aliphatic rings. The van der Waals surface area contributed by atoms with E-state index in [1.54, 1.807) is 0 Å². The number of carbonyl (C=O) groups is 2. The first-order valence-electron chi connectivity index (χ1n) is 7.61. The van der Waals surface area contributed by atoms with E-state index in [-0.39, 0.29) is 11.8 Å². The first kappa shape index (κ1) is 15.6. The lowest BCUT2D eigenvalue weighted by molar-refractivity contribution is -0.129. The Morgan fingerprint density at radius 1 is 1.15 bits per heavy atom. The van der Waals surface area contributed by atoms with Crippen LogP contribution in [0.1, 0.15) is 32.1 Å². The molecule has 0 saturated carbocycles. The molecule has 0 aromatic rings. The van der Waals surface area contributed by atoms with Gasteiger partial charge in [0.15, 0.2) is 0 Å². The molecular weight excluding hydrogens is 274 g/mol. The second kappa shape index (κ2) is 8.52. The normalized spacial score (nSPS) is 22.8. The molecule has 0 aromatic carbocycles. The highest BCUT2D eigenvalue weighted by molar-refractivity contribution is 8.00. The standard InChI is InChI=1S/C14H25N3O2S/c18-13(16-9-12-5-4-6-15-12)10-20-11-14(19)17-7-2-1-3-8-17/h12,15H,1-11H2,(H,16,18). The smallest absolute Gasteiger partial charge is 0.232 e. The third-order valence-corrected chi connectivity index (χ3v) is 4.79. The molecule has 2 heterocycles. The van der Waals surface area contributed by atoms with Gasteiger partial charge in [0.2, 0.25) is 11.8 Å². The lowest BCUT2D eigenvalue weighted by Gasteiger charge is -2.26. The number of amides is 2. The van der Waals surface area contributed by atoms with Crippen LogP contribution in [-0.2, 0) is 9.59 Å². The molecule has 2 amide bonds. The van der Waals surface area contributed by atoms with Gasteiger partial charge in [0, 0.05) is 25.7 Å². The molecule has 0 radical (unpaired) electrons. The Morgan fingerprint density at radius 3 is 2.65 bits per heavy atom. The van der Waals surface area contributed by atoms with Crippen LogP contribution in [0.3, 0.4) is 0 Å². The molecule has 6 heteroatoms. The summed E-state index contributed by atoms with van der Waals surface area (Å²) < 4.78 is 0. The van der Waals surface area contributed by atoms with E-state index in [0.29, 0.717) is 24.1 Å². The molecule has 0 spiro atoms. The highest BCUT2D eigenvalue weighted by Gasteiger charge is 2.17. The lowest BCUT2D eigenvalue weighted by atomic mass is 10.1. The summed E-state index contributed by atoms with van der Waals surface area (Å²) in [5, 5.41) is 6.28. The van der Waals surface area contributed by atoms with Gasteiger partial charge in [0.1, 0.15) is 0 Å². The van der Waals surface area contributed by atoms with Gasteiger partial charge in [0.05, 0.1) is 11.5 Å². The van der Waals surface area contributed by atoms with Crippen LogP contribution < -0.4 is 10.6 Å². The van der Waals surface area contributed by atoms with Gasteiger partial charge in [-0.05, 0) is 38.6 Å². The van der Waals surface area contributed by atoms with Crippen LogP contribution in [0.4, 0.5) is 0 Å². The zero-order chi connectivity index (χ0) is 14.2. The average Bonchev–Trinajstić information content (AvgIpc) is 2.99. The van der Waals surface area contributed by atoms with E-state index >= 15 is 0 Å². The van der Waals surface area contributed by atoms with Crippen molar-refractivity contribution in [3.05, 3.63) is 0 Å². The van der Waals surface area contributed by atoms with Crippen LogP contribution in [0.5, 0.6) is 0 Å². The highest BCUT2D eigenvalue weighted by atomic mass is 32.2. The maximum Gasteiger partial charge on any atom is 0.232 e. The van der Waals surface area contributed by atoms with Crippen molar-refractivity contribution in [2.75, 3.05) is 37.7 Å². The fraction of sp³-hybridized carbons (Fsp3) is 0.857. The zero-order valence-corrected chi connectivity index (χ0v) is 12.8. The summed E-state index contributed by atoms with van der Waals surface area (Å²) in [5.74, 6) is 1.02. The van der Waals surface area contributed by atoms with Crippen molar-refractivity contribution in [1.29, 1.82) is 0 Å². The number of rotatable bonds is 6. The van der Waals surface area contributed by atoms with E-state index in [2.05, 4.69) is 10.6 Å². The van der Waals surface area contributed by atoms with Crippen molar-refractivity contribution in [1.82, 2.24) is 15.5 Å². The molecule has 114 valence electrons. The van der Waals surface area contributed by atoms with Crippen LogP contribution in [0.2, 0.25) is 0 Å². The lowest BCUT2D eigenvalue weighted by Crippen LogP contribution is -2.39. The van der Waals surface area contributed by atoms with E-state index in [9.17, 15) is 9.59 Å². The number of hydrogen-bond donors (Lipinski definition) is 2. The highest BCUT2D eigenvalue weighted by Crippen LogP contribution is 2.11. The molecule has 0 bridgehead atoms. The minimum absolute atomic E-state index is 0.0372. The van der Waals surface area contributed by atoms with Crippen LogP contribution in [0.15, 0.2) is 0 Å². The molecule has 1 atom stereocenters. The van der Waals surface area contributed by atoms with Crippen molar-refractivity contribution in [3.63, 3.8) is 0 Å². The molecule has 2 fully saturated rings. The van der Waals surface area contributed by atoms with E-state index in [1.807, 2.05) is 4.90 Å². The maximum absolute atomic E-state index is 11.9. The van der Waals surface area contributed by atoms with E-state index < -0.39 is 0 Å². The Balaban J connectivity index is 1.52. The van der Waals surface area contributed by atoms with Gasteiger partial charge < -0.3 is 15.5 Å². The fourth-order valence-electron chi connectivity index (χ4n) is 2.68. The predicted octanol–water partition coefficient (Wildman–Crippen LogP) is 0.600. The molecule has 2 saturated heterocycles. The molecule has 20 heavy (non-hydrogen) atoms. The van der Waals surface area contributed by atoms with Gasteiger partial charge in [-0.2, -0.15) is 0 Å². The van der Waals surface area contributed by atoms with Gasteiger partial charge in [-0.3, -0.25) is 9.59 Å². The minimum atomic E-state index is 0.0372. The van der Waals surface area contributed by atoms with Crippen LogP contribution >= 0.6 is 11.8 Å². The summed E-state index contributed by atoms with van der Waals surface area (Å²) in [6.45, 7) is 3.54. The summed E-state index contributed by atoms with van der Waals surface area (Å²) in [6, 6.07) is 0.430. The third kappa shape index (κ3) is 5.32. The predicted molar refractivity (Wildman–Crippen MR) is 81.8 cm³/mol. The van der Waals surface area contributed by atoms with Crippen molar-refractivity contribution in [2.24, 2.45) is 0 Å². The average molecular weight is 299 g/mol. The van der Waals surface area contributed by atoms with E-state index in [1.165, 1.54) is 24.6 Å². The van der Waals surface area contributed by atoms with Gasteiger partial charge in [0.25, 0.3) is 0 Å². The monoisotopic (exact) mass is 299 g/mol. The number of likely N-dealkylation sites (tertiary alicyclic amines) is 1. The van der Waals surface area contributed by atoms with Gasteiger partial charge in [-0.1, -0.05) is 0 Å². The Kier molecular flexibility index (Phi) is 6.66. The molecule has 2 rings (SSSR count). The molecule has 0 aliphatic carbocycles. The second-order valence-corrected chi connectivity index (χ2v) is 6.52. The van der Waals surface area contributed by atoms with Crippen molar-refractivity contribution in [3.8, 4) is 0 Å². The van der Waals surface area contributed by atoms with E-state index in [0.717, 1.165) is 38.9 Å². The number of nitrogens with zero attached hydrogens (tertiary/aromatic N) is 1. The molecule has 1 unspecified atom stereocenters. The van der Waals surface area contributed by atoms with Crippen molar-refractivity contribution in [2.45, 2.75) is 38.1 Å². The first-order chi connectivity index (χ1) is 9.75. The number of thioether (sulfide) groups is 1. The molecular formula is C14H25N3O2S. The van der Waals surface area contributed by atoms with E-state index in [4.69, 9.17) is 0 Å². The fourth-order valence-corrected chi connectivity index (χ4v) is 3.43. The van der Waals surface area contributed by atoms with Crippen LogP contribution in [0, 0.1) is 0 Å². The number of carbonyl (C=O) groups excluding carboxylic acids is 2. The summed E-state index contributed by atoms with van der Waals surface area (Å²) in [5.41, 5.74) is 0. The zero-order valence-electron chi connectivity index (χ0n) is 12.0. The van der Waals surface area contributed by atoms with Gasteiger partial charge >= 0.3 is 0 Å². The van der Waals surface area contributed by atoms with Crippen molar-refractivity contribution >= 4 is 23.6 Å².